The molecule has 1 aliphatic carbocycles. The van der Waals surface area contributed by atoms with Gasteiger partial charge in [0.05, 0.1) is 27.0 Å². The van der Waals surface area contributed by atoms with Crippen molar-refractivity contribution in [1.82, 2.24) is 9.55 Å². The maximum absolute atomic E-state index is 13.6. The SMILES string of the molecule is COc1ccc2c(c1)cc(C(=O)Nc1nc(-c3cc(OC)c(C)cc3OC)c(CCC3CCCCC3)s1)n2CC(=O)O. The zero-order valence-electron chi connectivity index (χ0n) is 24.5. The number of carbonyl (C=O) groups is 2. The molecule has 0 spiro atoms. The molecular weight excluding hydrogens is 554 g/mol. The van der Waals surface area contributed by atoms with Gasteiger partial charge in [0.2, 0.25) is 0 Å². The van der Waals surface area contributed by atoms with E-state index in [1.807, 2.05) is 19.1 Å². The fourth-order valence-corrected chi connectivity index (χ4v) is 6.85. The third-order valence-corrected chi connectivity index (χ3v) is 9.06. The topological polar surface area (TPSA) is 112 Å². The lowest BCUT2D eigenvalue weighted by molar-refractivity contribution is -0.137. The summed E-state index contributed by atoms with van der Waals surface area (Å²) in [7, 11) is 4.84. The Labute approximate surface area is 249 Å². The normalized spacial score (nSPS) is 13.7. The molecule has 2 heterocycles. The number of fused-ring (bicyclic) bond motifs is 1. The molecule has 2 aromatic carbocycles. The molecule has 0 bridgehead atoms. The van der Waals surface area contributed by atoms with E-state index in [2.05, 4.69) is 5.32 Å². The number of aliphatic carboxylic acids is 1. The van der Waals surface area contributed by atoms with Gasteiger partial charge in [-0.05, 0) is 67.6 Å². The summed E-state index contributed by atoms with van der Waals surface area (Å²) >= 11 is 1.45. The van der Waals surface area contributed by atoms with E-state index in [0.29, 0.717) is 33.5 Å². The highest BCUT2D eigenvalue weighted by Gasteiger charge is 2.24. The van der Waals surface area contributed by atoms with Crippen LogP contribution in [0.3, 0.4) is 0 Å². The Hall–Kier alpha value is -4.05. The fraction of sp³-hybridized carbons (Fsp3) is 0.406. The van der Waals surface area contributed by atoms with Gasteiger partial charge in [0.1, 0.15) is 29.5 Å². The molecule has 5 rings (SSSR count). The molecule has 2 aromatic heterocycles. The van der Waals surface area contributed by atoms with Crippen LogP contribution in [0.2, 0.25) is 0 Å². The number of anilines is 1. The van der Waals surface area contributed by atoms with Crippen LogP contribution in [0, 0.1) is 12.8 Å². The smallest absolute Gasteiger partial charge is 0.323 e. The van der Waals surface area contributed by atoms with Crippen molar-refractivity contribution >= 4 is 39.2 Å². The minimum atomic E-state index is -1.04. The van der Waals surface area contributed by atoms with Gasteiger partial charge in [0, 0.05) is 21.3 Å². The predicted molar refractivity (Wildman–Crippen MR) is 164 cm³/mol. The van der Waals surface area contributed by atoms with Crippen molar-refractivity contribution in [3.05, 3.63) is 52.5 Å². The highest BCUT2D eigenvalue weighted by atomic mass is 32.1. The van der Waals surface area contributed by atoms with Crippen LogP contribution in [0.5, 0.6) is 17.2 Å². The molecule has 0 aliphatic heterocycles. The summed E-state index contributed by atoms with van der Waals surface area (Å²) in [6.45, 7) is 1.61. The standard InChI is InChI=1S/C32H37N3O6S/c1-19-14-27(41-4)23(17-26(19)40-3)30-28(13-10-20-8-6-5-7-9-20)42-32(33-30)34-31(38)25-16-21-15-22(39-2)11-12-24(21)35(25)18-29(36)37/h11-12,14-17,20H,5-10,13,18H2,1-4H3,(H,36,37)(H,33,34,38). The largest absolute Gasteiger partial charge is 0.497 e. The molecule has 1 amide bonds. The van der Waals surface area contributed by atoms with Crippen LogP contribution in [0.1, 0.15) is 59.5 Å². The number of carboxylic acids is 1. The quantitative estimate of drug-likeness (QED) is 0.194. The van der Waals surface area contributed by atoms with Gasteiger partial charge in [-0.3, -0.25) is 14.9 Å². The lowest BCUT2D eigenvalue weighted by atomic mass is 9.86. The molecular formula is C32H37N3O6S. The second-order valence-electron chi connectivity index (χ2n) is 10.7. The number of thiazole rings is 1. The van der Waals surface area contributed by atoms with Crippen molar-refractivity contribution in [1.29, 1.82) is 0 Å². The zero-order chi connectivity index (χ0) is 29.8. The summed E-state index contributed by atoms with van der Waals surface area (Å²) in [6, 6.07) is 10.9. The number of methoxy groups -OCH3 is 3. The van der Waals surface area contributed by atoms with Gasteiger partial charge in [-0.2, -0.15) is 0 Å². The lowest BCUT2D eigenvalue weighted by Gasteiger charge is -2.21. The number of aryl methyl sites for hydroxylation is 2. The molecule has 2 N–H and O–H groups in total. The first-order valence-electron chi connectivity index (χ1n) is 14.2. The van der Waals surface area contributed by atoms with Crippen LogP contribution < -0.4 is 19.5 Å². The summed E-state index contributed by atoms with van der Waals surface area (Å²) in [5.74, 6) is 1.25. The summed E-state index contributed by atoms with van der Waals surface area (Å²) in [5.41, 5.74) is 3.39. The minimum Gasteiger partial charge on any atom is -0.497 e. The van der Waals surface area contributed by atoms with E-state index >= 15 is 0 Å². The van der Waals surface area contributed by atoms with Gasteiger partial charge < -0.3 is 23.9 Å². The van der Waals surface area contributed by atoms with Crippen molar-refractivity contribution in [2.75, 3.05) is 26.6 Å². The average molecular weight is 592 g/mol. The Balaban J connectivity index is 1.51. The van der Waals surface area contributed by atoms with Gasteiger partial charge in [-0.25, -0.2) is 4.98 Å². The Kier molecular flexibility index (Phi) is 9.01. The second kappa shape index (κ2) is 12.9. The number of rotatable bonds is 11. The summed E-state index contributed by atoms with van der Waals surface area (Å²) < 4.78 is 18.2. The first kappa shape index (κ1) is 29.4. The highest BCUT2D eigenvalue weighted by Crippen LogP contribution is 2.41. The number of carbonyl (C=O) groups excluding carboxylic acids is 1. The van der Waals surface area contributed by atoms with Crippen molar-refractivity contribution in [3.8, 4) is 28.5 Å². The average Bonchev–Trinajstić information content (AvgIpc) is 3.56. The van der Waals surface area contributed by atoms with E-state index in [1.54, 1.807) is 45.6 Å². The van der Waals surface area contributed by atoms with E-state index in [4.69, 9.17) is 19.2 Å². The molecule has 9 nitrogen and oxygen atoms in total. The number of benzene rings is 2. The first-order chi connectivity index (χ1) is 20.3. The number of nitrogens with zero attached hydrogens (tertiary/aromatic N) is 2. The molecule has 4 aromatic rings. The maximum Gasteiger partial charge on any atom is 0.323 e. The molecule has 222 valence electrons. The molecule has 0 radical (unpaired) electrons. The van der Waals surface area contributed by atoms with E-state index < -0.39 is 11.9 Å². The highest BCUT2D eigenvalue weighted by molar-refractivity contribution is 7.16. The number of nitrogens with one attached hydrogen (secondary N) is 1. The number of amides is 1. The molecule has 0 saturated heterocycles. The van der Waals surface area contributed by atoms with E-state index in [9.17, 15) is 14.7 Å². The summed E-state index contributed by atoms with van der Waals surface area (Å²) in [4.78, 5) is 31.3. The third-order valence-electron chi connectivity index (χ3n) is 8.03. The predicted octanol–water partition coefficient (Wildman–Crippen LogP) is 6.95. The van der Waals surface area contributed by atoms with Gasteiger partial charge in [-0.15, -0.1) is 11.3 Å². The molecule has 0 unspecified atom stereocenters. The van der Waals surface area contributed by atoms with E-state index in [1.165, 1.54) is 48.0 Å². The molecule has 1 saturated carbocycles. The summed E-state index contributed by atoms with van der Waals surface area (Å²) in [5, 5.41) is 13.7. The van der Waals surface area contributed by atoms with Crippen molar-refractivity contribution < 1.29 is 28.9 Å². The molecule has 42 heavy (non-hydrogen) atoms. The molecule has 1 fully saturated rings. The summed E-state index contributed by atoms with van der Waals surface area (Å²) in [6.07, 6.45) is 8.26. The van der Waals surface area contributed by atoms with Gasteiger partial charge in [0.25, 0.3) is 5.91 Å². The number of hydrogen-bond acceptors (Lipinski definition) is 7. The zero-order valence-corrected chi connectivity index (χ0v) is 25.3. The van der Waals surface area contributed by atoms with Crippen molar-refractivity contribution in [2.45, 2.75) is 58.4 Å². The number of ether oxygens (including phenoxy) is 3. The van der Waals surface area contributed by atoms with E-state index in [0.717, 1.165) is 40.3 Å². The van der Waals surface area contributed by atoms with Gasteiger partial charge in [0.15, 0.2) is 5.13 Å². The fourth-order valence-electron chi connectivity index (χ4n) is 5.86. The van der Waals surface area contributed by atoms with Crippen molar-refractivity contribution in [2.24, 2.45) is 5.92 Å². The lowest BCUT2D eigenvalue weighted by Crippen LogP contribution is -2.19. The maximum atomic E-state index is 13.6. The third kappa shape index (κ3) is 6.23. The van der Waals surface area contributed by atoms with Gasteiger partial charge in [-0.1, -0.05) is 32.1 Å². The van der Waals surface area contributed by atoms with Gasteiger partial charge >= 0.3 is 5.97 Å². The Morgan fingerprint density at radius 3 is 2.48 bits per heavy atom. The monoisotopic (exact) mass is 591 g/mol. The molecule has 0 atom stereocenters. The Morgan fingerprint density at radius 2 is 1.79 bits per heavy atom. The van der Waals surface area contributed by atoms with Crippen LogP contribution in [-0.4, -0.2) is 47.9 Å². The van der Waals surface area contributed by atoms with Crippen LogP contribution in [-0.2, 0) is 17.8 Å². The Morgan fingerprint density at radius 1 is 1.02 bits per heavy atom. The van der Waals surface area contributed by atoms with Crippen LogP contribution in [0.15, 0.2) is 36.4 Å². The minimum absolute atomic E-state index is 0.232. The molecule has 10 heteroatoms. The number of aromatic nitrogens is 2. The van der Waals surface area contributed by atoms with E-state index in [-0.39, 0.29) is 12.2 Å². The van der Waals surface area contributed by atoms with Crippen LogP contribution in [0.4, 0.5) is 5.13 Å². The Bertz CT molecular complexity index is 1600. The second-order valence-corrected chi connectivity index (χ2v) is 11.8. The number of carboxylic acid groups (broad SMARTS) is 1. The number of hydrogen-bond donors (Lipinski definition) is 2. The van der Waals surface area contributed by atoms with Crippen LogP contribution in [0.25, 0.3) is 22.2 Å². The van der Waals surface area contributed by atoms with Crippen molar-refractivity contribution in [3.63, 3.8) is 0 Å². The first-order valence-corrected chi connectivity index (χ1v) is 15.1. The molecule has 1 aliphatic rings. The van der Waals surface area contributed by atoms with Crippen LogP contribution >= 0.6 is 11.3 Å².